The lowest BCUT2D eigenvalue weighted by atomic mass is 10.1. The Bertz CT molecular complexity index is 4040. The molecule has 0 fully saturated rings. The minimum absolute atomic E-state index is 0.178. The molecule has 0 spiro atoms. The summed E-state index contributed by atoms with van der Waals surface area (Å²) in [6.07, 6.45) is 12.9. The van der Waals surface area contributed by atoms with Crippen molar-refractivity contribution in [2.24, 2.45) is 30.0 Å². The number of aliphatic imine (C=N–C) groups is 4. The van der Waals surface area contributed by atoms with Gasteiger partial charge in [0.2, 0.25) is 0 Å². The molecule has 2 aromatic heterocycles. The van der Waals surface area contributed by atoms with Crippen molar-refractivity contribution in [2.75, 3.05) is 63.9 Å². The summed E-state index contributed by atoms with van der Waals surface area (Å²) in [4.78, 5) is 45.4. The zero-order valence-corrected chi connectivity index (χ0v) is 60.8. The van der Waals surface area contributed by atoms with Crippen molar-refractivity contribution in [3.05, 3.63) is 130 Å². The molecule has 6 aromatic rings. The molecule has 94 heavy (non-hydrogen) atoms. The smallest absolute Gasteiger partial charge is 0.582 e. The fraction of sp³-hybridized carbons (Fsp3) is 0.522. The summed E-state index contributed by atoms with van der Waals surface area (Å²) in [7, 11) is -19.8. The molecule has 10 rings (SSSR count). The van der Waals surface area contributed by atoms with Gasteiger partial charge in [-0.15, -0.1) is 0 Å². The zero-order valence-electron chi connectivity index (χ0n) is 56.2. The van der Waals surface area contributed by atoms with E-state index in [4.69, 9.17) is 38.2 Å². The number of unbranched alkanes of at least 4 members (excludes halogenated alkanes) is 8. The molecule has 2 unspecified atom stereocenters. The minimum Gasteiger partial charge on any atom is -0.748 e. The van der Waals surface area contributed by atoms with Crippen LogP contribution >= 0.6 is 0 Å². The van der Waals surface area contributed by atoms with Crippen LogP contribution in [0.1, 0.15) is 152 Å². The van der Waals surface area contributed by atoms with Gasteiger partial charge in [-0.1, -0.05) is 137 Å². The second-order valence-electron chi connectivity index (χ2n) is 27.6. The highest BCUT2D eigenvalue weighted by molar-refractivity contribution is 7.85. The van der Waals surface area contributed by atoms with Crippen LogP contribution in [0.3, 0.4) is 0 Å². The number of carboxylic acids is 1. The molecule has 20 nitrogen and oxygen atoms in total. The molecular weight excluding hydrogens is 1280 g/mol. The number of rotatable bonds is 38. The maximum atomic E-state index is 11.9. The van der Waals surface area contributed by atoms with E-state index < -0.39 is 63.2 Å². The molecule has 2 atom stereocenters. The lowest BCUT2D eigenvalue weighted by Gasteiger charge is -2.44. The molecule has 4 aliphatic rings. The highest BCUT2D eigenvalue weighted by atomic mass is 32.2. The number of hydrogen-bond donors (Lipinski definition) is 1. The number of nitrogens with zero attached hydrogens (tertiary/aromatic N) is 10. The van der Waals surface area contributed by atoms with Crippen molar-refractivity contribution in [1.82, 2.24) is 8.47 Å². The van der Waals surface area contributed by atoms with Gasteiger partial charge in [0, 0.05) is 61.7 Å². The summed E-state index contributed by atoms with van der Waals surface area (Å²) in [5, 5.41) is 12.9. The van der Waals surface area contributed by atoms with Crippen LogP contribution in [0.4, 0.5) is 11.6 Å². The van der Waals surface area contributed by atoms with Crippen LogP contribution in [0.5, 0.6) is 0 Å². The van der Waals surface area contributed by atoms with Gasteiger partial charge in [-0.3, -0.25) is 13.3 Å². The summed E-state index contributed by atoms with van der Waals surface area (Å²) >= 11 is 0. The first kappa shape index (κ1) is 70.8. The first-order valence-electron chi connectivity index (χ1n) is 34.4. The fourth-order valence-electron chi connectivity index (χ4n) is 14.5. The normalized spacial score (nSPS) is 16.8. The number of hydrogen-bond acceptors (Lipinski definition) is 15. The quantitative estimate of drug-likeness (QED) is 0.0166. The molecule has 0 amide bonds. The van der Waals surface area contributed by atoms with E-state index in [2.05, 4.69) is 79.7 Å². The maximum absolute atomic E-state index is 11.9. The summed E-state index contributed by atoms with van der Waals surface area (Å²) in [5.74, 6) is 1.45. The third-order valence-corrected chi connectivity index (χ3v) is 32.5. The monoisotopic (exact) mass is 1370 g/mol. The van der Waals surface area contributed by atoms with E-state index in [1.54, 1.807) is 0 Å². The van der Waals surface area contributed by atoms with Crippen molar-refractivity contribution in [1.29, 1.82) is 0 Å². The lowest BCUT2D eigenvalue weighted by molar-refractivity contribution is -0.929. The molecule has 0 aliphatic carbocycles. The standard InChI is InChI=1S/C69H96N10O10S2Si3/c1-8-11-24-43-78(41-12-9-2,44-25-14-15-40-61(80)81)47-30-51-92(4,5)88-94(89-93(6,7)52-31-48-79(42-13-10-3,45-26-28-49-90(82,83)84)46-27-29-50-91(85,86)87)76-66-57-36-20-21-37-58(57)68(76)74-64-55-34-18-19-35-56(55)65(71-64)75-69-60-39-23-22-38-59(60)67(77(69)94)73-63-54-33-17-16-32-53(54)62(70-63)72-66/h16-23,32-39H,8-15,24-31,40-52H2,1-7H3,(H-2,80,81,82,83,84,85,86,87). The molecule has 506 valence electrons. The largest absolute Gasteiger partial charge is 0.748 e. The Morgan fingerprint density at radius 3 is 1.17 bits per heavy atom. The van der Waals surface area contributed by atoms with Crippen molar-refractivity contribution in [3.8, 4) is 0 Å². The third kappa shape index (κ3) is 16.7. The Hall–Kier alpha value is -5.98. The van der Waals surface area contributed by atoms with Crippen LogP contribution in [0.25, 0.3) is 21.5 Å². The third-order valence-electron chi connectivity index (χ3n) is 19.2. The van der Waals surface area contributed by atoms with Crippen LogP contribution in [0, 0.1) is 0 Å². The lowest BCUT2D eigenvalue weighted by Crippen LogP contribution is -2.70. The molecule has 6 bridgehead atoms. The minimum atomic E-state index is -4.65. The number of benzene rings is 4. The van der Waals surface area contributed by atoms with Crippen molar-refractivity contribution >= 4 is 108 Å². The van der Waals surface area contributed by atoms with Crippen LogP contribution in [0.2, 0.25) is 38.3 Å². The van der Waals surface area contributed by atoms with Gasteiger partial charge in [-0.25, -0.2) is 46.8 Å². The zero-order chi connectivity index (χ0) is 66.9. The van der Waals surface area contributed by atoms with Crippen molar-refractivity contribution in [3.63, 3.8) is 0 Å². The Morgan fingerprint density at radius 2 is 0.787 bits per heavy atom. The Kier molecular flexibility index (Phi) is 22.7. The first-order valence-corrected chi connectivity index (χ1v) is 45.5. The molecule has 4 aromatic carbocycles. The van der Waals surface area contributed by atoms with Gasteiger partial charge in [0.05, 0.1) is 72.6 Å². The highest BCUT2D eigenvalue weighted by Crippen LogP contribution is 2.45. The Morgan fingerprint density at radius 1 is 0.447 bits per heavy atom. The summed E-state index contributed by atoms with van der Waals surface area (Å²) in [5.41, 5.74) is 4.48. The molecule has 0 saturated carbocycles. The topological polar surface area (TPSA) is 254 Å². The molecule has 6 heterocycles. The molecule has 25 heteroatoms. The van der Waals surface area contributed by atoms with Crippen molar-refractivity contribution < 1.29 is 53.0 Å². The van der Waals surface area contributed by atoms with Gasteiger partial charge in [0.25, 0.3) is 0 Å². The highest BCUT2D eigenvalue weighted by Gasteiger charge is 2.58. The molecule has 0 radical (unpaired) electrons. The van der Waals surface area contributed by atoms with Crippen molar-refractivity contribution in [2.45, 2.75) is 168 Å². The second-order valence-corrected chi connectivity index (χ2v) is 42.3. The van der Waals surface area contributed by atoms with Gasteiger partial charge in [-0.05, 0) is 122 Å². The number of amidine groups is 4. The summed E-state index contributed by atoms with van der Waals surface area (Å²) in [6.45, 7) is 22.5. The van der Waals surface area contributed by atoms with Crippen LogP contribution in [0.15, 0.2) is 127 Å². The number of carbonyl (C=O) groups is 1. The predicted molar refractivity (Wildman–Crippen MR) is 380 cm³/mol. The summed E-state index contributed by atoms with van der Waals surface area (Å²) < 4.78 is 94.9. The van der Waals surface area contributed by atoms with Gasteiger partial charge < -0.3 is 31.4 Å². The molecule has 1 N–H and O–H groups in total. The van der Waals surface area contributed by atoms with Crippen LogP contribution in [-0.2, 0) is 33.3 Å². The van der Waals surface area contributed by atoms with Crippen LogP contribution in [-0.4, -0.2) is 167 Å². The number of fused-ring (bicyclic) bond motifs is 14. The van der Waals surface area contributed by atoms with Gasteiger partial charge in [0.1, 0.15) is 22.6 Å². The van der Waals surface area contributed by atoms with E-state index in [0.29, 0.717) is 102 Å². The van der Waals surface area contributed by atoms with E-state index in [-0.39, 0.29) is 19.3 Å². The average molecular weight is 1370 g/mol. The predicted octanol–water partition coefficient (Wildman–Crippen LogP) is 12.3. The fourth-order valence-corrected chi connectivity index (χ4v) is 28.2. The van der Waals surface area contributed by atoms with E-state index in [9.17, 15) is 35.8 Å². The van der Waals surface area contributed by atoms with E-state index >= 15 is 0 Å². The first-order chi connectivity index (χ1) is 44.9. The van der Waals surface area contributed by atoms with Crippen LogP contribution < -0.4 is 11.0 Å². The van der Waals surface area contributed by atoms with E-state index in [1.807, 2.05) is 72.8 Å². The van der Waals surface area contributed by atoms with Gasteiger partial charge in [-0.2, -0.15) is 0 Å². The molecule has 4 aliphatic heterocycles. The number of aliphatic carboxylic acids is 1. The van der Waals surface area contributed by atoms with E-state index in [1.165, 1.54) is 0 Å². The van der Waals surface area contributed by atoms with Gasteiger partial charge >= 0.3 is 14.9 Å². The molecule has 0 saturated heterocycles. The van der Waals surface area contributed by atoms with Gasteiger partial charge in [0.15, 0.2) is 40.0 Å². The number of aromatic nitrogens is 2. The summed E-state index contributed by atoms with van der Waals surface area (Å²) in [6, 6.07) is 34.1. The molecular formula is C69H96N10O10S2Si3. The average Bonchev–Trinajstić information content (AvgIpc) is 1.53. The number of carboxylic acid groups (broad SMARTS) is 1. The SMILES string of the molecule is CCCCC[N+](CCCC)(CCCCCC(=O)O)CCC[Si](C)(C)O[Si]1(O[Si](C)(C)CCC[N+](CCCC)(CCCCS(=O)(=O)[O-])CCCCS(=O)(=O)[O-])n2c3c4ccccc4c2N=C2N=C(N=c4c5ccccc5c(n41)=NC1=NC(=N3)c3ccccc31)c1ccccc12. The Labute approximate surface area is 558 Å². The second kappa shape index (κ2) is 30.2. The van der Waals surface area contributed by atoms with E-state index in [0.717, 1.165) is 151 Å². The number of quaternary nitrogens is 2. The maximum Gasteiger partial charge on any atom is 0.582 e. The Balaban J connectivity index is 1.20.